The summed E-state index contributed by atoms with van der Waals surface area (Å²) in [5.41, 5.74) is 4.77. The molecule has 2 N–H and O–H groups in total. The lowest BCUT2D eigenvalue weighted by Gasteiger charge is -1.99. The Kier molecular flexibility index (Phi) is 1.98. The van der Waals surface area contributed by atoms with Crippen LogP contribution >= 0.6 is 0 Å². The summed E-state index contributed by atoms with van der Waals surface area (Å²) in [5, 5.41) is 0. The molecule has 0 radical (unpaired) electrons. The quantitative estimate of drug-likeness (QED) is 0.674. The van der Waals surface area contributed by atoms with Crippen molar-refractivity contribution >= 4 is 5.95 Å². The van der Waals surface area contributed by atoms with Gasteiger partial charge >= 0.3 is 5.69 Å². The lowest BCUT2D eigenvalue weighted by Crippen LogP contribution is -2.24. The monoisotopic (exact) mass is 193 g/mol. The summed E-state index contributed by atoms with van der Waals surface area (Å²) in [6, 6.07) is 0. The van der Waals surface area contributed by atoms with Gasteiger partial charge in [0.2, 0.25) is 5.95 Å². The number of rotatable bonds is 2. The van der Waals surface area contributed by atoms with Crippen LogP contribution in [0.25, 0.3) is 0 Å². The van der Waals surface area contributed by atoms with E-state index in [4.69, 9.17) is 10.2 Å². The summed E-state index contributed by atoms with van der Waals surface area (Å²) in [6.45, 7) is 0.249. The van der Waals surface area contributed by atoms with E-state index in [0.29, 0.717) is 5.76 Å². The first-order chi connectivity index (χ1) is 6.75. The first kappa shape index (κ1) is 8.42. The van der Waals surface area contributed by atoms with Crippen LogP contribution < -0.4 is 11.4 Å². The molecule has 0 amide bonds. The second-order valence-corrected chi connectivity index (χ2v) is 2.59. The van der Waals surface area contributed by atoms with Crippen molar-refractivity contribution in [2.75, 3.05) is 5.73 Å². The van der Waals surface area contributed by atoms with Crippen molar-refractivity contribution in [2.45, 2.75) is 6.54 Å². The van der Waals surface area contributed by atoms with Gasteiger partial charge in [0.05, 0.1) is 12.7 Å². The van der Waals surface area contributed by atoms with Crippen molar-refractivity contribution in [3.05, 3.63) is 35.2 Å². The third-order valence-corrected chi connectivity index (χ3v) is 1.59. The standard InChI is InChI=1S/C7H7N5O2/c8-6-10-3-12(7(13)11-6)2-5-1-9-4-14-5/h1,3-4H,2H2,(H2,8,11,13). The number of nitrogens with zero attached hydrogens (tertiary/aromatic N) is 4. The van der Waals surface area contributed by atoms with Gasteiger partial charge < -0.3 is 10.2 Å². The number of anilines is 1. The molecule has 0 unspecified atom stereocenters. The normalized spacial score (nSPS) is 10.3. The summed E-state index contributed by atoms with van der Waals surface area (Å²) in [6.07, 6.45) is 4.12. The molecule has 0 spiro atoms. The van der Waals surface area contributed by atoms with Crippen LogP contribution in [0.5, 0.6) is 0 Å². The molecule has 2 rings (SSSR count). The highest BCUT2D eigenvalue weighted by atomic mass is 16.3. The topological polar surface area (TPSA) is 99.8 Å². The van der Waals surface area contributed by atoms with Crippen molar-refractivity contribution in [2.24, 2.45) is 0 Å². The number of hydrogen-bond donors (Lipinski definition) is 1. The van der Waals surface area contributed by atoms with Crippen molar-refractivity contribution in [1.29, 1.82) is 0 Å². The molecular weight excluding hydrogens is 186 g/mol. The van der Waals surface area contributed by atoms with E-state index in [9.17, 15) is 4.79 Å². The van der Waals surface area contributed by atoms with Crippen LogP contribution in [-0.4, -0.2) is 19.5 Å². The van der Waals surface area contributed by atoms with Crippen molar-refractivity contribution in [3.63, 3.8) is 0 Å². The second kappa shape index (κ2) is 3.29. The van der Waals surface area contributed by atoms with Gasteiger partial charge in [-0.1, -0.05) is 0 Å². The molecule has 14 heavy (non-hydrogen) atoms. The molecule has 0 fully saturated rings. The molecular formula is C7H7N5O2. The maximum Gasteiger partial charge on any atom is 0.352 e. The number of nitrogens with two attached hydrogens (primary N) is 1. The average molecular weight is 193 g/mol. The first-order valence-electron chi connectivity index (χ1n) is 3.82. The Balaban J connectivity index is 2.30. The SMILES string of the molecule is Nc1ncn(Cc2cnco2)c(=O)n1. The summed E-state index contributed by atoms with van der Waals surface area (Å²) in [5.74, 6) is 0.518. The Labute approximate surface area is 78.2 Å². The number of aromatic nitrogens is 4. The summed E-state index contributed by atoms with van der Waals surface area (Å²) in [7, 11) is 0. The molecule has 2 heterocycles. The van der Waals surface area contributed by atoms with Gasteiger partial charge in [0.15, 0.2) is 6.39 Å². The fraction of sp³-hybridized carbons (Fsp3) is 0.143. The highest BCUT2D eigenvalue weighted by molar-refractivity contribution is 5.09. The molecule has 0 aliphatic carbocycles. The van der Waals surface area contributed by atoms with Crippen molar-refractivity contribution < 1.29 is 4.42 Å². The van der Waals surface area contributed by atoms with Crippen LogP contribution in [0.15, 0.2) is 28.1 Å². The van der Waals surface area contributed by atoms with Gasteiger partial charge in [0.25, 0.3) is 0 Å². The van der Waals surface area contributed by atoms with E-state index in [-0.39, 0.29) is 12.5 Å². The molecule has 0 aromatic carbocycles. The smallest absolute Gasteiger partial charge is 0.352 e. The van der Waals surface area contributed by atoms with Gasteiger partial charge in [-0.3, -0.25) is 4.57 Å². The summed E-state index contributed by atoms with van der Waals surface area (Å²) >= 11 is 0. The van der Waals surface area contributed by atoms with E-state index < -0.39 is 5.69 Å². The van der Waals surface area contributed by atoms with Gasteiger partial charge in [0.1, 0.15) is 12.1 Å². The Morgan fingerprint density at radius 2 is 2.43 bits per heavy atom. The molecule has 7 heteroatoms. The van der Waals surface area contributed by atoms with E-state index in [1.54, 1.807) is 0 Å². The molecule has 0 saturated heterocycles. The Morgan fingerprint density at radius 3 is 3.07 bits per heavy atom. The maximum absolute atomic E-state index is 11.2. The minimum atomic E-state index is -0.464. The summed E-state index contributed by atoms with van der Waals surface area (Å²) < 4.78 is 6.24. The van der Waals surface area contributed by atoms with Gasteiger partial charge in [-0.25, -0.2) is 14.8 Å². The molecule has 0 atom stereocenters. The van der Waals surface area contributed by atoms with Crippen LogP contribution in [0.2, 0.25) is 0 Å². The Hall–Kier alpha value is -2.18. The largest absolute Gasteiger partial charge is 0.447 e. The van der Waals surface area contributed by atoms with E-state index in [2.05, 4.69) is 15.0 Å². The van der Waals surface area contributed by atoms with Gasteiger partial charge in [0, 0.05) is 0 Å². The average Bonchev–Trinajstić information content (AvgIpc) is 2.62. The molecule has 7 nitrogen and oxygen atoms in total. The van der Waals surface area contributed by atoms with Crippen LogP contribution in [0, 0.1) is 0 Å². The predicted molar refractivity (Wildman–Crippen MR) is 46.3 cm³/mol. The van der Waals surface area contributed by atoms with E-state index >= 15 is 0 Å². The third kappa shape index (κ3) is 1.60. The zero-order valence-electron chi connectivity index (χ0n) is 7.12. The van der Waals surface area contributed by atoms with E-state index in [0.717, 1.165) is 0 Å². The van der Waals surface area contributed by atoms with Gasteiger partial charge in [-0.05, 0) is 0 Å². The lowest BCUT2D eigenvalue weighted by molar-refractivity contribution is 0.481. The zero-order valence-corrected chi connectivity index (χ0v) is 7.12. The molecule has 2 aromatic rings. The predicted octanol–water partition coefficient (Wildman–Crippen LogP) is -0.743. The van der Waals surface area contributed by atoms with Crippen LogP contribution in [0.3, 0.4) is 0 Å². The zero-order chi connectivity index (χ0) is 9.97. The van der Waals surface area contributed by atoms with Crippen molar-refractivity contribution in [1.82, 2.24) is 19.5 Å². The van der Waals surface area contributed by atoms with E-state index in [1.807, 2.05) is 0 Å². The number of oxazole rings is 1. The molecule has 0 bridgehead atoms. The summed E-state index contributed by atoms with van der Waals surface area (Å²) in [4.78, 5) is 22.1. The lowest BCUT2D eigenvalue weighted by atomic mass is 10.5. The first-order valence-corrected chi connectivity index (χ1v) is 3.82. The molecule has 0 aliphatic heterocycles. The van der Waals surface area contributed by atoms with E-state index in [1.165, 1.54) is 23.5 Å². The van der Waals surface area contributed by atoms with Crippen LogP contribution in [0.1, 0.15) is 5.76 Å². The molecule has 0 saturated carbocycles. The fourth-order valence-electron chi connectivity index (χ4n) is 0.966. The minimum absolute atomic E-state index is 0.0381. The van der Waals surface area contributed by atoms with Crippen LogP contribution in [-0.2, 0) is 6.54 Å². The fourth-order valence-corrected chi connectivity index (χ4v) is 0.966. The number of hydrogen-bond acceptors (Lipinski definition) is 6. The van der Waals surface area contributed by atoms with Crippen LogP contribution in [0.4, 0.5) is 5.95 Å². The minimum Gasteiger partial charge on any atom is -0.447 e. The molecule has 72 valence electrons. The number of nitrogen functional groups attached to an aromatic ring is 1. The second-order valence-electron chi connectivity index (χ2n) is 2.59. The third-order valence-electron chi connectivity index (χ3n) is 1.59. The Bertz CT molecular complexity index is 475. The van der Waals surface area contributed by atoms with Gasteiger partial charge in [-0.2, -0.15) is 4.98 Å². The Morgan fingerprint density at radius 1 is 1.57 bits per heavy atom. The van der Waals surface area contributed by atoms with Crippen molar-refractivity contribution in [3.8, 4) is 0 Å². The molecule has 2 aromatic heterocycles. The maximum atomic E-state index is 11.2. The highest BCUT2D eigenvalue weighted by Crippen LogP contribution is 1.97. The molecule has 0 aliphatic rings. The highest BCUT2D eigenvalue weighted by Gasteiger charge is 2.02. The van der Waals surface area contributed by atoms with Gasteiger partial charge in [-0.15, -0.1) is 0 Å².